The molecule has 9 rings (SSSR count). The van der Waals surface area contributed by atoms with E-state index in [1.807, 2.05) is 6.07 Å². The monoisotopic (exact) mass is 579 g/mol. The molecule has 2 heteroatoms. The van der Waals surface area contributed by atoms with Crippen molar-refractivity contribution < 1.29 is 4.42 Å². The van der Waals surface area contributed by atoms with E-state index in [1.54, 1.807) is 0 Å². The van der Waals surface area contributed by atoms with E-state index in [0.717, 1.165) is 51.8 Å². The van der Waals surface area contributed by atoms with E-state index in [4.69, 9.17) is 4.42 Å². The lowest BCUT2D eigenvalue weighted by molar-refractivity contribution is 0.660. The number of hydrogen-bond acceptors (Lipinski definition) is 2. The molecule has 216 valence electrons. The zero-order valence-corrected chi connectivity index (χ0v) is 25.5. The molecule has 0 radical (unpaired) electrons. The van der Waals surface area contributed by atoms with Gasteiger partial charge in [0.25, 0.3) is 0 Å². The average molecular weight is 580 g/mol. The number of rotatable bonds is 4. The molecule has 0 bridgehead atoms. The van der Waals surface area contributed by atoms with E-state index in [0.29, 0.717) is 0 Å². The van der Waals surface area contributed by atoms with Crippen molar-refractivity contribution >= 4 is 55.3 Å². The molecule has 7 aromatic rings. The van der Waals surface area contributed by atoms with Crippen LogP contribution in [-0.2, 0) is 5.41 Å². The highest BCUT2D eigenvalue weighted by Crippen LogP contribution is 2.52. The van der Waals surface area contributed by atoms with Crippen LogP contribution in [0.1, 0.15) is 43.4 Å². The van der Waals surface area contributed by atoms with Gasteiger partial charge in [-0.15, -0.1) is 0 Å². The quantitative estimate of drug-likeness (QED) is 0.206. The molecular weight excluding hydrogens is 546 g/mol. The van der Waals surface area contributed by atoms with Crippen molar-refractivity contribution in [3.8, 4) is 11.1 Å². The number of anilines is 3. The predicted molar refractivity (Wildman–Crippen MR) is 190 cm³/mol. The van der Waals surface area contributed by atoms with Gasteiger partial charge < -0.3 is 9.32 Å². The van der Waals surface area contributed by atoms with Crippen LogP contribution < -0.4 is 4.90 Å². The Kier molecular flexibility index (Phi) is 5.70. The minimum Gasteiger partial charge on any atom is -0.454 e. The Hall–Kier alpha value is -5.34. The maximum absolute atomic E-state index is 6.66. The summed E-state index contributed by atoms with van der Waals surface area (Å²) in [5.74, 6) is 0. The van der Waals surface area contributed by atoms with Crippen LogP contribution in [0.15, 0.2) is 144 Å². The van der Waals surface area contributed by atoms with Crippen molar-refractivity contribution in [2.45, 2.75) is 32.1 Å². The summed E-state index contributed by atoms with van der Waals surface area (Å²) in [5, 5.41) is 4.76. The minimum absolute atomic E-state index is 0.105. The van der Waals surface area contributed by atoms with Gasteiger partial charge in [0, 0.05) is 27.3 Å². The maximum Gasteiger partial charge on any atom is 0.159 e. The number of benzene rings is 6. The molecule has 2 aliphatic rings. The number of furan rings is 1. The summed E-state index contributed by atoms with van der Waals surface area (Å²) in [4.78, 5) is 2.42. The molecule has 0 unspecified atom stereocenters. The largest absolute Gasteiger partial charge is 0.454 e. The second kappa shape index (κ2) is 9.84. The molecule has 0 atom stereocenters. The van der Waals surface area contributed by atoms with Crippen molar-refractivity contribution in [3.63, 3.8) is 0 Å². The zero-order chi connectivity index (χ0) is 30.1. The first-order valence-corrected chi connectivity index (χ1v) is 15.9. The van der Waals surface area contributed by atoms with Gasteiger partial charge in [0.1, 0.15) is 5.58 Å². The molecule has 0 spiro atoms. The number of hydrogen-bond donors (Lipinski definition) is 0. The number of allylic oxidation sites excluding steroid dienone is 4. The van der Waals surface area contributed by atoms with Crippen LogP contribution in [0.5, 0.6) is 0 Å². The Morgan fingerprint density at radius 3 is 2.20 bits per heavy atom. The van der Waals surface area contributed by atoms with Gasteiger partial charge in [0.2, 0.25) is 0 Å². The summed E-state index contributed by atoms with van der Waals surface area (Å²) >= 11 is 0. The van der Waals surface area contributed by atoms with Gasteiger partial charge in [0.05, 0.1) is 11.4 Å². The predicted octanol–water partition coefficient (Wildman–Crippen LogP) is 12.2. The van der Waals surface area contributed by atoms with Gasteiger partial charge in [-0.1, -0.05) is 123 Å². The highest BCUT2D eigenvalue weighted by molar-refractivity contribution is 6.12. The van der Waals surface area contributed by atoms with Crippen LogP contribution in [0.3, 0.4) is 0 Å². The highest BCUT2D eigenvalue weighted by Gasteiger charge is 2.36. The Labute approximate surface area is 263 Å². The van der Waals surface area contributed by atoms with Crippen molar-refractivity contribution in [3.05, 3.63) is 156 Å². The summed E-state index contributed by atoms with van der Waals surface area (Å²) < 4.78 is 6.66. The Balaban J connectivity index is 1.33. The van der Waals surface area contributed by atoms with E-state index in [2.05, 4.69) is 152 Å². The van der Waals surface area contributed by atoms with Gasteiger partial charge in [0.15, 0.2) is 5.58 Å². The normalized spacial score (nSPS) is 14.9. The van der Waals surface area contributed by atoms with E-state index in [1.165, 1.54) is 44.2 Å². The molecule has 0 saturated carbocycles. The fraction of sp³-hybridized carbons (Fsp3) is 0.116. The van der Waals surface area contributed by atoms with Gasteiger partial charge in [-0.05, 0) is 82.0 Å². The Morgan fingerprint density at radius 1 is 0.600 bits per heavy atom. The Bertz CT molecular complexity index is 2370. The van der Waals surface area contributed by atoms with Crippen LogP contribution in [0.2, 0.25) is 0 Å². The third-order valence-electron chi connectivity index (χ3n) is 9.95. The lowest BCUT2D eigenvalue weighted by Crippen LogP contribution is -2.16. The maximum atomic E-state index is 6.66. The number of fused-ring (bicyclic) bond motifs is 7. The molecule has 6 aromatic carbocycles. The van der Waals surface area contributed by atoms with E-state index < -0.39 is 0 Å². The number of nitrogens with zero attached hydrogens (tertiary/aromatic N) is 1. The van der Waals surface area contributed by atoms with Crippen LogP contribution >= 0.6 is 0 Å². The van der Waals surface area contributed by atoms with Gasteiger partial charge in [-0.3, -0.25) is 0 Å². The molecule has 0 aliphatic heterocycles. The van der Waals surface area contributed by atoms with Crippen molar-refractivity contribution in [1.82, 2.24) is 0 Å². The lowest BCUT2D eigenvalue weighted by atomic mass is 9.82. The van der Waals surface area contributed by atoms with Crippen molar-refractivity contribution in [2.75, 3.05) is 4.90 Å². The van der Waals surface area contributed by atoms with Crippen molar-refractivity contribution in [2.24, 2.45) is 0 Å². The summed E-state index contributed by atoms with van der Waals surface area (Å²) in [5.41, 5.74) is 13.1. The second-order valence-electron chi connectivity index (χ2n) is 12.8. The molecule has 0 amide bonds. The van der Waals surface area contributed by atoms with Crippen LogP contribution in [-0.4, -0.2) is 0 Å². The van der Waals surface area contributed by atoms with Crippen molar-refractivity contribution in [1.29, 1.82) is 0 Å². The van der Waals surface area contributed by atoms with Gasteiger partial charge in [-0.2, -0.15) is 0 Å². The third kappa shape index (κ3) is 3.88. The highest BCUT2D eigenvalue weighted by atomic mass is 16.3. The van der Waals surface area contributed by atoms with E-state index in [-0.39, 0.29) is 5.41 Å². The van der Waals surface area contributed by atoms with Crippen LogP contribution in [0.25, 0.3) is 49.4 Å². The van der Waals surface area contributed by atoms with E-state index >= 15 is 0 Å². The average Bonchev–Trinajstić information content (AvgIpc) is 3.58. The molecule has 2 aliphatic carbocycles. The molecule has 1 aromatic heterocycles. The number of para-hydroxylation sites is 2. The molecular formula is C43H33NO. The van der Waals surface area contributed by atoms with E-state index in [9.17, 15) is 0 Å². The van der Waals surface area contributed by atoms with Gasteiger partial charge >= 0.3 is 0 Å². The first-order chi connectivity index (χ1) is 22.1. The zero-order valence-electron chi connectivity index (χ0n) is 25.5. The summed E-state index contributed by atoms with van der Waals surface area (Å²) in [6.07, 6.45) is 8.86. The first-order valence-electron chi connectivity index (χ1n) is 15.9. The first kappa shape index (κ1) is 26.1. The molecule has 45 heavy (non-hydrogen) atoms. The molecule has 0 fully saturated rings. The Morgan fingerprint density at radius 2 is 1.33 bits per heavy atom. The third-order valence-corrected chi connectivity index (χ3v) is 9.95. The smallest absolute Gasteiger partial charge is 0.159 e. The SMILES string of the molecule is CC1(C)c2ccccc2-c2ccc(N(c3ccc(C4=CC=CCC4)c4ccccc34)c3cccc4c3oc3ccccc34)cc21. The van der Waals surface area contributed by atoms with Crippen LogP contribution in [0.4, 0.5) is 17.1 Å². The summed E-state index contributed by atoms with van der Waals surface area (Å²) in [6, 6.07) is 44.3. The minimum atomic E-state index is -0.105. The van der Waals surface area contributed by atoms with Crippen LogP contribution in [0, 0.1) is 0 Å². The molecule has 2 nitrogen and oxygen atoms in total. The molecule has 0 N–H and O–H groups in total. The molecule has 1 heterocycles. The lowest BCUT2D eigenvalue weighted by Gasteiger charge is -2.29. The van der Waals surface area contributed by atoms with Gasteiger partial charge in [-0.25, -0.2) is 0 Å². The fourth-order valence-electron chi connectivity index (χ4n) is 7.73. The summed E-state index contributed by atoms with van der Waals surface area (Å²) in [7, 11) is 0. The topological polar surface area (TPSA) is 16.4 Å². The standard InChI is InChI=1S/C43H33NO/c1-43(2)37-20-10-8-16-32(37)33-24-23-29(27-38(33)43)44(40-21-12-19-36-35-18-9-11-22-41(35)45-42(36)40)39-26-25-30(28-13-4-3-5-14-28)31-15-6-7-17-34(31)39/h3-4,6-13,15-27H,5,14H2,1-2H3. The molecule has 0 saturated heterocycles. The summed E-state index contributed by atoms with van der Waals surface area (Å²) in [6.45, 7) is 4.70. The fourth-order valence-corrected chi connectivity index (χ4v) is 7.73. The second-order valence-corrected chi connectivity index (χ2v) is 12.8.